The van der Waals surface area contributed by atoms with Crippen LogP contribution >= 0.6 is 11.8 Å². The summed E-state index contributed by atoms with van der Waals surface area (Å²) < 4.78 is 5.28. The third-order valence-electron chi connectivity index (χ3n) is 3.44. The molecule has 2 aromatic carbocycles. The lowest BCUT2D eigenvalue weighted by Crippen LogP contribution is -2.09. The van der Waals surface area contributed by atoms with Gasteiger partial charge in [-0.25, -0.2) is 0 Å². The molecule has 2 N–H and O–H groups in total. The Morgan fingerprint density at radius 3 is 2.55 bits per heavy atom. The molecule has 0 amide bonds. The number of rotatable bonds is 5. The van der Waals surface area contributed by atoms with Crippen LogP contribution in [-0.2, 0) is 0 Å². The molecule has 20 heavy (non-hydrogen) atoms. The summed E-state index contributed by atoms with van der Waals surface area (Å²) in [6, 6.07) is 14.7. The molecule has 0 aliphatic rings. The molecule has 1 unspecified atom stereocenters. The topological polar surface area (TPSA) is 35.2 Å². The van der Waals surface area contributed by atoms with Gasteiger partial charge in [0.15, 0.2) is 0 Å². The van der Waals surface area contributed by atoms with Gasteiger partial charge in [0, 0.05) is 16.7 Å². The lowest BCUT2D eigenvalue weighted by atomic mass is 10.1. The van der Waals surface area contributed by atoms with E-state index in [9.17, 15) is 0 Å². The monoisotopic (exact) mass is 287 g/mol. The molecule has 2 aromatic rings. The van der Waals surface area contributed by atoms with Crippen molar-refractivity contribution in [3.63, 3.8) is 0 Å². The third-order valence-corrected chi connectivity index (χ3v) is 4.71. The van der Waals surface area contributed by atoms with Crippen LogP contribution in [0.15, 0.2) is 47.4 Å². The van der Waals surface area contributed by atoms with E-state index in [1.54, 1.807) is 18.9 Å². The Balaban J connectivity index is 2.21. The second kappa shape index (κ2) is 6.82. The van der Waals surface area contributed by atoms with Crippen LogP contribution in [0.1, 0.15) is 21.9 Å². The van der Waals surface area contributed by atoms with Crippen molar-refractivity contribution < 1.29 is 4.74 Å². The highest BCUT2D eigenvalue weighted by Crippen LogP contribution is 2.36. The fourth-order valence-corrected chi connectivity index (χ4v) is 3.14. The number of thioether (sulfide) groups is 1. The van der Waals surface area contributed by atoms with Crippen molar-refractivity contribution in [3.8, 4) is 5.75 Å². The minimum atomic E-state index is 0.243. The first kappa shape index (κ1) is 14.9. The van der Waals surface area contributed by atoms with Gasteiger partial charge in [-0.3, -0.25) is 0 Å². The second-order valence-corrected chi connectivity index (χ2v) is 6.14. The summed E-state index contributed by atoms with van der Waals surface area (Å²) >= 11 is 1.80. The van der Waals surface area contributed by atoms with Gasteiger partial charge in [-0.1, -0.05) is 18.2 Å². The predicted molar refractivity (Wildman–Crippen MR) is 86.6 cm³/mol. The van der Waals surface area contributed by atoms with E-state index in [2.05, 4.69) is 44.2 Å². The van der Waals surface area contributed by atoms with Gasteiger partial charge in [-0.15, -0.1) is 11.8 Å². The van der Waals surface area contributed by atoms with Crippen LogP contribution in [0.4, 0.5) is 0 Å². The van der Waals surface area contributed by atoms with E-state index in [1.807, 2.05) is 12.1 Å². The first-order valence-corrected chi connectivity index (χ1v) is 7.60. The predicted octanol–water partition coefficient (Wildman–Crippen LogP) is 4.10. The van der Waals surface area contributed by atoms with Gasteiger partial charge in [0.2, 0.25) is 0 Å². The Labute approximate surface area is 125 Å². The number of benzene rings is 2. The van der Waals surface area contributed by atoms with Crippen molar-refractivity contribution in [3.05, 3.63) is 59.2 Å². The largest absolute Gasteiger partial charge is 0.497 e. The van der Waals surface area contributed by atoms with Gasteiger partial charge in [-0.05, 0) is 54.8 Å². The molecule has 0 aromatic heterocycles. The molecule has 0 heterocycles. The van der Waals surface area contributed by atoms with Gasteiger partial charge < -0.3 is 10.5 Å². The number of aryl methyl sites for hydroxylation is 2. The summed E-state index contributed by atoms with van der Waals surface area (Å²) in [6.07, 6.45) is 0. The fourth-order valence-electron chi connectivity index (χ4n) is 2.05. The molecule has 0 radical (unpaired) electrons. The van der Waals surface area contributed by atoms with Crippen LogP contribution in [0.25, 0.3) is 0 Å². The Kier molecular flexibility index (Phi) is 5.10. The van der Waals surface area contributed by atoms with E-state index >= 15 is 0 Å². The molecule has 0 aliphatic heterocycles. The van der Waals surface area contributed by atoms with Crippen LogP contribution < -0.4 is 10.5 Å². The van der Waals surface area contributed by atoms with Crippen molar-refractivity contribution in [2.75, 3.05) is 13.7 Å². The zero-order chi connectivity index (χ0) is 14.5. The minimum absolute atomic E-state index is 0.243. The number of methoxy groups -OCH3 is 1. The molecule has 2 nitrogen and oxygen atoms in total. The van der Waals surface area contributed by atoms with E-state index < -0.39 is 0 Å². The maximum atomic E-state index is 5.95. The highest BCUT2D eigenvalue weighted by molar-refractivity contribution is 7.99. The zero-order valence-electron chi connectivity index (χ0n) is 12.2. The lowest BCUT2D eigenvalue weighted by Gasteiger charge is -2.16. The van der Waals surface area contributed by atoms with Gasteiger partial charge in [-0.2, -0.15) is 0 Å². The number of hydrogen-bond donors (Lipinski definition) is 1. The maximum Gasteiger partial charge on any atom is 0.119 e. The molecule has 1 atom stereocenters. The van der Waals surface area contributed by atoms with E-state index in [4.69, 9.17) is 10.5 Å². The molecule has 3 heteroatoms. The van der Waals surface area contributed by atoms with Gasteiger partial charge in [0.05, 0.1) is 7.11 Å². The van der Waals surface area contributed by atoms with Crippen molar-refractivity contribution in [1.29, 1.82) is 0 Å². The Morgan fingerprint density at radius 2 is 1.90 bits per heavy atom. The van der Waals surface area contributed by atoms with E-state index in [1.165, 1.54) is 21.6 Å². The average molecular weight is 287 g/mol. The number of ether oxygens (including phenoxy) is 1. The Hall–Kier alpha value is -1.45. The molecule has 0 saturated carbocycles. The molecule has 0 bridgehead atoms. The first-order chi connectivity index (χ1) is 9.63. The van der Waals surface area contributed by atoms with Crippen LogP contribution in [0.3, 0.4) is 0 Å². The van der Waals surface area contributed by atoms with Crippen molar-refractivity contribution >= 4 is 11.8 Å². The maximum absolute atomic E-state index is 5.95. The van der Waals surface area contributed by atoms with Crippen molar-refractivity contribution in [2.45, 2.75) is 24.0 Å². The molecule has 0 saturated heterocycles. The lowest BCUT2D eigenvalue weighted by molar-refractivity contribution is 0.414. The number of hydrogen-bond acceptors (Lipinski definition) is 3. The number of nitrogens with two attached hydrogens (primary N) is 1. The molecule has 0 fully saturated rings. The van der Waals surface area contributed by atoms with Crippen molar-refractivity contribution in [2.24, 2.45) is 5.73 Å². The second-order valence-electron chi connectivity index (χ2n) is 4.86. The summed E-state index contributed by atoms with van der Waals surface area (Å²) in [5.74, 6) is 0.877. The summed E-state index contributed by atoms with van der Waals surface area (Å²) in [7, 11) is 1.69. The normalized spacial score (nSPS) is 12.2. The fraction of sp³-hybridized carbons (Fsp3) is 0.294. The standard InChI is InChI=1S/C17H21NOS/c1-12-7-8-16(9-13(12)2)20-17(11-18)14-5-4-6-15(10-14)19-3/h4-10,17H,11,18H2,1-3H3. The van der Waals surface area contributed by atoms with Gasteiger partial charge in [0.25, 0.3) is 0 Å². The summed E-state index contributed by atoms with van der Waals surface area (Å²) in [4.78, 5) is 1.26. The highest BCUT2D eigenvalue weighted by Gasteiger charge is 2.12. The Bertz CT molecular complexity index is 583. The summed E-state index contributed by atoms with van der Waals surface area (Å²) in [5, 5.41) is 0.243. The van der Waals surface area contributed by atoms with Crippen LogP contribution in [-0.4, -0.2) is 13.7 Å². The summed E-state index contributed by atoms with van der Waals surface area (Å²) in [5.41, 5.74) is 9.79. The van der Waals surface area contributed by atoms with Crippen LogP contribution in [0, 0.1) is 13.8 Å². The van der Waals surface area contributed by atoms with Gasteiger partial charge in [0.1, 0.15) is 5.75 Å². The van der Waals surface area contributed by atoms with Gasteiger partial charge >= 0.3 is 0 Å². The van der Waals surface area contributed by atoms with E-state index in [0.29, 0.717) is 6.54 Å². The quantitative estimate of drug-likeness (QED) is 0.841. The van der Waals surface area contributed by atoms with E-state index in [-0.39, 0.29) is 5.25 Å². The SMILES string of the molecule is COc1cccc(C(CN)Sc2ccc(C)c(C)c2)c1. The average Bonchev–Trinajstić information content (AvgIpc) is 2.48. The molecule has 0 aliphatic carbocycles. The van der Waals surface area contributed by atoms with Crippen LogP contribution in [0.5, 0.6) is 5.75 Å². The molecular weight excluding hydrogens is 266 g/mol. The van der Waals surface area contributed by atoms with E-state index in [0.717, 1.165) is 5.75 Å². The molecule has 2 rings (SSSR count). The smallest absolute Gasteiger partial charge is 0.119 e. The molecule has 106 valence electrons. The third kappa shape index (κ3) is 3.56. The molecule has 0 spiro atoms. The first-order valence-electron chi connectivity index (χ1n) is 6.72. The minimum Gasteiger partial charge on any atom is -0.497 e. The summed E-state index contributed by atoms with van der Waals surface area (Å²) in [6.45, 7) is 4.87. The molecular formula is C17H21NOS. The highest BCUT2D eigenvalue weighted by atomic mass is 32.2. The van der Waals surface area contributed by atoms with Crippen molar-refractivity contribution in [1.82, 2.24) is 0 Å². The van der Waals surface area contributed by atoms with Crippen LogP contribution in [0.2, 0.25) is 0 Å². The Morgan fingerprint density at radius 1 is 1.10 bits per heavy atom. The zero-order valence-corrected chi connectivity index (χ0v) is 13.0.